The van der Waals surface area contributed by atoms with E-state index in [-0.39, 0.29) is 5.91 Å². The highest BCUT2D eigenvalue weighted by Crippen LogP contribution is 2.43. The van der Waals surface area contributed by atoms with Gasteiger partial charge in [-0.25, -0.2) is 0 Å². The summed E-state index contributed by atoms with van der Waals surface area (Å²) < 4.78 is 8.24. The van der Waals surface area contributed by atoms with Crippen LogP contribution in [0.5, 0.6) is 5.88 Å². The number of benzene rings is 1. The molecule has 0 saturated carbocycles. The largest absolute Gasteiger partial charge is 0.445 e. The van der Waals surface area contributed by atoms with Gasteiger partial charge in [0.25, 0.3) is 0 Å². The molecule has 0 fully saturated rings. The first kappa shape index (κ1) is 17.5. The van der Waals surface area contributed by atoms with Crippen molar-refractivity contribution in [3.05, 3.63) is 48.3 Å². The summed E-state index contributed by atoms with van der Waals surface area (Å²) in [6.45, 7) is 1.84. The van der Waals surface area contributed by atoms with Crippen LogP contribution < -0.4 is 9.64 Å². The average Bonchev–Trinajstić information content (AvgIpc) is 3.07. The third kappa shape index (κ3) is 2.95. The summed E-state index contributed by atoms with van der Waals surface area (Å²) in [5.74, 6) is 0.332. The molecule has 0 radical (unpaired) electrons. The van der Waals surface area contributed by atoms with Crippen LogP contribution >= 0.6 is 11.8 Å². The molecule has 0 spiro atoms. The predicted molar refractivity (Wildman–Crippen MR) is 104 cm³/mol. The van der Waals surface area contributed by atoms with Gasteiger partial charge < -0.3 is 9.30 Å². The summed E-state index contributed by atoms with van der Waals surface area (Å²) >= 11 is 1.39. The van der Waals surface area contributed by atoms with Gasteiger partial charge in [-0.3, -0.25) is 9.69 Å². The molecule has 2 aromatic heterocycles. The van der Waals surface area contributed by atoms with Gasteiger partial charge in [-0.15, -0.1) is 10.2 Å². The molecule has 7 nitrogen and oxygen atoms in total. The Hall–Kier alpha value is -2.87. The predicted octanol–water partition coefficient (Wildman–Crippen LogP) is 3.43. The lowest BCUT2D eigenvalue weighted by Gasteiger charge is -2.30. The second kappa shape index (κ2) is 7.03. The zero-order chi connectivity index (χ0) is 19.0. The third-order valence-electron chi connectivity index (χ3n) is 4.50. The number of thioether (sulfide) groups is 1. The standard InChI is InChI=1S/C19H19N5O2S/c1-4-15(25)24-13-9-6-5-8-12(13)16-17(20-19(27-3)22-21-16)26-18(24)14-10-7-11-23(14)2/h5-11,18H,4H2,1-3H3/t18-/m0/s1. The molecule has 0 saturated heterocycles. The summed E-state index contributed by atoms with van der Waals surface area (Å²) in [6.07, 6.45) is 3.52. The van der Waals surface area contributed by atoms with Crippen molar-refractivity contribution in [2.45, 2.75) is 24.7 Å². The van der Waals surface area contributed by atoms with E-state index in [2.05, 4.69) is 15.2 Å². The number of rotatable bonds is 3. The van der Waals surface area contributed by atoms with Crippen molar-refractivity contribution in [3.8, 4) is 17.1 Å². The lowest BCUT2D eigenvalue weighted by Crippen LogP contribution is -2.38. The zero-order valence-electron chi connectivity index (χ0n) is 15.3. The molecular formula is C19H19N5O2S. The lowest BCUT2D eigenvalue weighted by atomic mass is 10.1. The Morgan fingerprint density at radius 2 is 2.04 bits per heavy atom. The highest BCUT2D eigenvalue weighted by molar-refractivity contribution is 7.98. The minimum atomic E-state index is -0.647. The number of fused-ring (bicyclic) bond motifs is 3. The normalized spacial score (nSPS) is 15.5. The van der Waals surface area contributed by atoms with E-state index in [1.165, 1.54) is 11.8 Å². The van der Waals surface area contributed by atoms with Crippen molar-refractivity contribution in [3.63, 3.8) is 0 Å². The van der Waals surface area contributed by atoms with E-state index in [0.29, 0.717) is 23.2 Å². The first-order valence-corrected chi connectivity index (χ1v) is 9.84. The van der Waals surface area contributed by atoms with Gasteiger partial charge in [0.2, 0.25) is 23.2 Å². The minimum absolute atomic E-state index is 0.0421. The highest BCUT2D eigenvalue weighted by Gasteiger charge is 2.36. The first-order valence-electron chi connectivity index (χ1n) is 8.62. The smallest absolute Gasteiger partial charge is 0.247 e. The van der Waals surface area contributed by atoms with Crippen LogP contribution in [0.25, 0.3) is 11.3 Å². The van der Waals surface area contributed by atoms with Crippen LogP contribution in [0.2, 0.25) is 0 Å². The van der Waals surface area contributed by atoms with Crippen LogP contribution in [0.3, 0.4) is 0 Å². The van der Waals surface area contributed by atoms with E-state index >= 15 is 0 Å². The molecule has 1 aliphatic rings. The fourth-order valence-electron chi connectivity index (χ4n) is 3.16. The van der Waals surface area contributed by atoms with Crippen LogP contribution in [-0.4, -0.2) is 31.9 Å². The Kier molecular flexibility index (Phi) is 4.57. The summed E-state index contributed by atoms with van der Waals surface area (Å²) in [7, 11) is 1.93. The second-order valence-electron chi connectivity index (χ2n) is 6.10. The van der Waals surface area contributed by atoms with Gasteiger partial charge in [0, 0.05) is 25.2 Å². The number of hydrogen-bond acceptors (Lipinski definition) is 6. The molecule has 1 atom stereocenters. The molecule has 0 N–H and O–H groups in total. The highest BCUT2D eigenvalue weighted by atomic mass is 32.2. The lowest BCUT2D eigenvalue weighted by molar-refractivity contribution is -0.120. The molecular weight excluding hydrogens is 362 g/mol. The van der Waals surface area contributed by atoms with Crippen LogP contribution in [-0.2, 0) is 11.8 Å². The number of carbonyl (C=O) groups is 1. The summed E-state index contributed by atoms with van der Waals surface area (Å²) in [6, 6.07) is 11.5. The summed E-state index contributed by atoms with van der Waals surface area (Å²) in [5.41, 5.74) is 2.90. The fourth-order valence-corrected chi connectivity index (χ4v) is 3.46. The maximum absolute atomic E-state index is 12.9. The molecule has 3 heterocycles. The Morgan fingerprint density at radius 3 is 2.74 bits per heavy atom. The van der Waals surface area contributed by atoms with Gasteiger partial charge in [-0.1, -0.05) is 36.9 Å². The molecule has 0 bridgehead atoms. The maximum atomic E-state index is 12.9. The van der Waals surface area contributed by atoms with Gasteiger partial charge in [0.1, 0.15) is 0 Å². The first-order chi connectivity index (χ1) is 13.1. The van der Waals surface area contributed by atoms with E-state index in [9.17, 15) is 4.79 Å². The van der Waals surface area contributed by atoms with Crippen molar-refractivity contribution in [2.75, 3.05) is 11.2 Å². The van der Waals surface area contributed by atoms with Crippen LogP contribution in [0.4, 0.5) is 5.69 Å². The fraction of sp³-hybridized carbons (Fsp3) is 0.263. The zero-order valence-corrected chi connectivity index (χ0v) is 16.1. The molecule has 3 aromatic rings. The number of amides is 1. The van der Waals surface area contributed by atoms with E-state index in [1.54, 1.807) is 4.90 Å². The van der Waals surface area contributed by atoms with Crippen molar-refractivity contribution < 1.29 is 9.53 Å². The van der Waals surface area contributed by atoms with Crippen LogP contribution in [0.1, 0.15) is 25.3 Å². The molecule has 0 aliphatic carbocycles. The van der Waals surface area contributed by atoms with Crippen molar-refractivity contribution in [1.82, 2.24) is 19.7 Å². The SMILES string of the molecule is CCC(=O)N1c2ccccc2-c2nnc(SC)nc2O[C@H]1c1cccn1C. The maximum Gasteiger partial charge on any atom is 0.247 e. The molecule has 0 unspecified atom stereocenters. The number of ether oxygens (including phenoxy) is 1. The quantitative estimate of drug-likeness (QED) is 0.647. The Labute approximate surface area is 161 Å². The minimum Gasteiger partial charge on any atom is -0.445 e. The Morgan fingerprint density at radius 1 is 1.22 bits per heavy atom. The number of carbonyl (C=O) groups excluding carboxylic acids is 1. The van der Waals surface area contributed by atoms with Gasteiger partial charge in [-0.05, 0) is 24.5 Å². The summed E-state index contributed by atoms with van der Waals surface area (Å²) in [5, 5.41) is 9.03. The van der Waals surface area contributed by atoms with Gasteiger partial charge >= 0.3 is 0 Å². The molecule has 1 aliphatic heterocycles. The Balaban J connectivity index is 1.99. The number of aryl methyl sites for hydroxylation is 1. The second-order valence-corrected chi connectivity index (χ2v) is 6.87. The number of aromatic nitrogens is 4. The number of nitrogens with zero attached hydrogens (tertiary/aromatic N) is 5. The van der Waals surface area contributed by atoms with Crippen LogP contribution in [0.15, 0.2) is 47.8 Å². The number of anilines is 1. The molecule has 1 aromatic carbocycles. The summed E-state index contributed by atoms with van der Waals surface area (Å²) in [4.78, 5) is 19.2. The van der Waals surface area contributed by atoms with E-state index in [1.807, 2.05) is 67.4 Å². The van der Waals surface area contributed by atoms with E-state index in [0.717, 1.165) is 16.9 Å². The monoisotopic (exact) mass is 381 g/mol. The molecule has 8 heteroatoms. The van der Waals surface area contributed by atoms with Crippen molar-refractivity contribution in [2.24, 2.45) is 7.05 Å². The molecule has 1 amide bonds. The average molecular weight is 381 g/mol. The molecule has 4 rings (SSSR count). The number of hydrogen-bond donors (Lipinski definition) is 0. The van der Waals surface area contributed by atoms with Gasteiger partial charge in [-0.2, -0.15) is 4.98 Å². The van der Waals surface area contributed by atoms with E-state index < -0.39 is 6.23 Å². The third-order valence-corrected chi connectivity index (χ3v) is 5.04. The van der Waals surface area contributed by atoms with E-state index in [4.69, 9.17) is 4.74 Å². The van der Waals surface area contributed by atoms with Crippen molar-refractivity contribution >= 4 is 23.4 Å². The number of para-hydroxylation sites is 1. The van der Waals surface area contributed by atoms with Crippen molar-refractivity contribution in [1.29, 1.82) is 0 Å². The van der Waals surface area contributed by atoms with Crippen LogP contribution in [0, 0.1) is 0 Å². The van der Waals surface area contributed by atoms with Gasteiger partial charge in [0.15, 0.2) is 5.69 Å². The van der Waals surface area contributed by atoms with Gasteiger partial charge in [0.05, 0.1) is 11.4 Å². The topological polar surface area (TPSA) is 73.1 Å². The Bertz CT molecular complexity index is 1000. The molecule has 27 heavy (non-hydrogen) atoms. The molecule has 138 valence electrons.